The number of hydrogen-bond acceptors (Lipinski definition) is 5. The van der Waals surface area contributed by atoms with Crippen LogP contribution in [0, 0.1) is 0 Å². The van der Waals surface area contributed by atoms with Gasteiger partial charge < -0.3 is 15.1 Å². The number of likely N-dealkylation sites (N-methyl/N-ethyl adjacent to an activating group) is 1. The second-order valence-corrected chi connectivity index (χ2v) is 8.49. The Morgan fingerprint density at radius 3 is 2.40 bits per heavy atom. The van der Waals surface area contributed by atoms with Crippen molar-refractivity contribution in [2.75, 3.05) is 37.9 Å². The Morgan fingerprint density at radius 1 is 1.10 bits per heavy atom. The molecule has 0 unspecified atom stereocenters. The number of halogens is 3. The zero-order valence-corrected chi connectivity index (χ0v) is 17.2. The highest BCUT2D eigenvalue weighted by molar-refractivity contribution is 7.90. The summed E-state index contributed by atoms with van der Waals surface area (Å²) in [6.45, 7) is -0.314. The van der Waals surface area contributed by atoms with Gasteiger partial charge in [-0.15, -0.1) is 4.40 Å². The van der Waals surface area contributed by atoms with Gasteiger partial charge >= 0.3 is 6.18 Å². The van der Waals surface area contributed by atoms with E-state index in [4.69, 9.17) is 0 Å². The summed E-state index contributed by atoms with van der Waals surface area (Å²) < 4.78 is 67.2. The summed E-state index contributed by atoms with van der Waals surface area (Å²) in [5.74, 6) is -0.526. The van der Waals surface area contributed by atoms with E-state index in [9.17, 15) is 26.4 Å². The van der Waals surface area contributed by atoms with E-state index in [2.05, 4.69) is 9.71 Å². The van der Waals surface area contributed by atoms with Crippen molar-refractivity contribution in [1.29, 1.82) is 0 Å². The molecular weight excluding hydrogens is 421 g/mol. The van der Waals surface area contributed by atoms with E-state index in [1.807, 2.05) is 0 Å². The maximum Gasteiger partial charge on any atom is 0.416 e. The molecule has 0 aliphatic carbocycles. The highest BCUT2D eigenvalue weighted by Gasteiger charge is 2.32. The Bertz CT molecular complexity index is 1130. The fourth-order valence-electron chi connectivity index (χ4n) is 3.05. The molecule has 0 aromatic heterocycles. The lowest BCUT2D eigenvalue weighted by Gasteiger charge is -2.22. The predicted molar refractivity (Wildman–Crippen MR) is 107 cm³/mol. The number of nitrogens with zero attached hydrogens (tertiary/aromatic N) is 3. The molecule has 0 bridgehead atoms. The quantitative estimate of drug-likeness (QED) is 0.791. The number of rotatable bonds is 4. The van der Waals surface area contributed by atoms with E-state index < -0.39 is 27.7 Å². The summed E-state index contributed by atoms with van der Waals surface area (Å²) in [5, 5.41) is 2.48. The number of carbonyl (C=O) groups is 1. The third kappa shape index (κ3) is 4.25. The Morgan fingerprint density at radius 2 is 1.77 bits per heavy atom. The van der Waals surface area contributed by atoms with Crippen LogP contribution in [0.2, 0.25) is 0 Å². The molecule has 1 amide bonds. The van der Waals surface area contributed by atoms with Gasteiger partial charge in [0.25, 0.3) is 10.0 Å². The smallest absolute Gasteiger partial charge is 0.376 e. The molecule has 30 heavy (non-hydrogen) atoms. The summed E-state index contributed by atoms with van der Waals surface area (Å²) in [5.41, 5.74) is -0.141. The number of amides is 1. The Labute approximate surface area is 171 Å². The first kappa shape index (κ1) is 21.6. The fraction of sp³-hybridized carbons (Fsp3) is 0.263. The summed E-state index contributed by atoms with van der Waals surface area (Å²) >= 11 is 0. The van der Waals surface area contributed by atoms with E-state index >= 15 is 0 Å². The van der Waals surface area contributed by atoms with E-state index in [-0.39, 0.29) is 23.0 Å². The van der Waals surface area contributed by atoms with Gasteiger partial charge in [-0.25, -0.2) is 0 Å². The molecule has 2 aromatic rings. The molecule has 0 atom stereocenters. The van der Waals surface area contributed by atoms with Crippen molar-refractivity contribution in [3.05, 3.63) is 53.6 Å². The number of benzene rings is 2. The molecule has 0 saturated carbocycles. The van der Waals surface area contributed by atoms with Gasteiger partial charge in [0, 0.05) is 26.7 Å². The lowest BCUT2D eigenvalue weighted by molar-refractivity contribution is -0.137. The lowest BCUT2D eigenvalue weighted by atomic mass is 10.1. The number of anilines is 2. The standard InChI is InChI=1S/C19H19F3N4O3S/c1-25(2)15-9-8-12(19(20,21)22)10-14(15)23-17(27)11-26(3)18-13-6-4-5-7-16(13)30(28,29)24-18/h4-10H,11H2,1-3H3,(H,23,27). The fourth-order valence-corrected chi connectivity index (χ4v) is 4.30. The van der Waals surface area contributed by atoms with Crippen LogP contribution in [-0.4, -0.2) is 52.7 Å². The average molecular weight is 440 g/mol. The number of carbonyl (C=O) groups excluding carboxylic acids is 1. The normalized spacial score (nSPS) is 14.7. The maximum absolute atomic E-state index is 13.1. The molecule has 0 radical (unpaired) electrons. The Kier molecular flexibility index (Phi) is 5.50. The third-order valence-corrected chi connectivity index (χ3v) is 5.76. The van der Waals surface area contributed by atoms with Gasteiger partial charge in [-0.1, -0.05) is 12.1 Å². The van der Waals surface area contributed by atoms with Gasteiger partial charge in [0.2, 0.25) is 5.91 Å². The molecule has 0 saturated heterocycles. The van der Waals surface area contributed by atoms with Crippen molar-refractivity contribution in [3.63, 3.8) is 0 Å². The van der Waals surface area contributed by atoms with Crippen molar-refractivity contribution in [1.82, 2.24) is 4.90 Å². The van der Waals surface area contributed by atoms with E-state index in [0.29, 0.717) is 11.3 Å². The lowest BCUT2D eigenvalue weighted by Crippen LogP contribution is -2.35. The predicted octanol–water partition coefficient (Wildman–Crippen LogP) is 2.79. The van der Waals surface area contributed by atoms with Crippen LogP contribution in [0.4, 0.5) is 24.5 Å². The molecule has 160 valence electrons. The zero-order valence-electron chi connectivity index (χ0n) is 16.4. The maximum atomic E-state index is 13.1. The Hall–Kier alpha value is -3.08. The van der Waals surface area contributed by atoms with Crippen LogP contribution >= 0.6 is 0 Å². The number of fused-ring (bicyclic) bond motifs is 1. The second kappa shape index (κ2) is 7.63. The number of sulfonamides is 1. The van der Waals surface area contributed by atoms with Gasteiger partial charge in [-0.2, -0.15) is 21.6 Å². The largest absolute Gasteiger partial charge is 0.416 e. The average Bonchev–Trinajstić information content (AvgIpc) is 2.92. The molecular formula is C19H19F3N4O3S. The molecule has 0 spiro atoms. The molecule has 11 heteroatoms. The number of hydrogen-bond donors (Lipinski definition) is 1. The minimum Gasteiger partial charge on any atom is -0.376 e. The molecule has 7 nitrogen and oxygen atoms in total. The molecule has 3 rings (SSSR count). The first-order chi connectivity index (χ1) is 13.9. The first-order valence-corrected chi connectivity index (χ1v) is 10.2. The highest BCUT2D eigenvalue weighted by Crippen LogP contribution is 2.35. The molecule has 0 fully saturated rings. The summed E-state index contributed by atoms with van der Waals surface area (Å²) in [6.07, 6.45) is -4.56. The minimum absolute atomic E-state index is 0.00499. The number of amidine groups is 1. The van der Waals surface area contributed by atoms with Crippen LogP contribution in [0.1, 0.15) is 11.1 Å². The van der Waals surface area contributed by atoms with Crippen LogP contribution in [-0.2, 0) is 21.0 Å². The van der Waals surface area contributed by atoms with Crippen LogP contribution in [0.25, 0.3) is 0 Å². The van der Waals surface area contributed by atoms with Gasteiger partial charge in [-0.05, 0) is 30.3 Å². The summed E-state index contributed by atoms with van der Waals surface area (Å²) in [6, 6.07) is 9.27. The van der Waals surface area contributed by atoms with Crippen molar-refractivity contribution in [2.24, 2.45) is 4.40 Å². The minimum atomic E-state index is -4.56. The van der Waals surface area contributed by atoms with Crippen LogP contribution in [0.5, 0.6) is 0 Å². The van der Waals surface area contributed by atoms with Crippen LogP contribution in [0.3, 0.4) is 0 Å². The topological polar surface area (TPSA) is 82.1 Å². The van der Waals surface area contributed by atoms with Gasteiger partial charge in [0.1, 0.15) is 4.90 Å². The van der Waals surface area contributed by atoms with E-state index in [1.165, 1.54) is 24.1 Å². The molecule has 1 heterocycles. The van der Waals surface area contributed by atoms with E-state index in [0.717, 1.165) is 12.1 Å². The van der Waals surface area contributed by atoms with Crippen molar-refractivity contribution in [2.45, 2.75) is 11.1 Å². The summed E-state index contributed by atoms with van der Waals surface area (Å²) in [7, 11) is 0.906. The van der Waals surface area contributed by atoms with Crippen LogP contribution < -0.4 is 10.2 Å². The first-order valence-electron chi connectivity index (χ1n) is 8.74. The van der Waals surface area contributed by atoms with Crippen molar-refractivity contribution >= 4 is 33.1 Å². The van der Waals surface area contributed by atoms with E-state index in [1.54, 1.807) is 37.2 Å². The van der Waals surface area contributed by atoms with Gasteiger partial charge in [0.15, 0.2) is 5.84 Å². The second-order valence-electron chi connectivity index (χ2n) is 6.91. The molecule has 2 aromatic carbocycles. The zero-order chi connectivity index (χ0) is 22.3. The number of alkyl halides is 3. The molecule has 1 N–H and O–H groups in total. The SMILES string of the molecule is CN(CC(=O)Nc1cc(C(F)(F)F)ccc1N(C)C)C1=NS(=O)(=O)c2ccccc21. The van der Waals surface area contributed by atoms with Crippen molar-refractivity contribution in [3.8, 4) is 0 Å². The van der Waals surface area contributed by atoms with Crippen LogP contribution in [0.15, 0.2) is 51.8 Å². The van der Waals surface area contributed by atoms with Gasteiger partial charge in [-0.3, -0.25) is 4.79 Å². The Balaban J connectivity index is 1.83. The number of nitrogens with one attached hydrogen (secondary N) is 1. The van der Waals surface area contributed by atoms with Gasteiger partial charge in [0.05, 0.1) is 23.5 Å². The monoisotopic (exact) mass is 440 g/mol. The van der Waals surface area contributed by atoms with Crippen molar-refractivity contribution < 1.29 is 26.4 Å². The molecule has 1 aliphatic heterocycles. The molecule has 1 aliphatic rings. The third-order valence-electron chi connectivity index (χ3n) is 4.43. The highest BCUT2D eigenvalue weighted by atomic mass is 32.2. The summed E-state index contributed by atoms with van der Waals surface area (Å²) in [4.78, 5) is 15.5.